The van der Waals surface area contributed by atoms with E-state index in [1.54, 1.807) is 0 Å². The zero-order valence-corrected chi connectivity index (χ0v) is 18.8. The molecule has 2 N–H and O–H groups in total. The van der Waals surface area contributed by atoms with Crippen molar-refractivity contribution < 1.29 is 9.59 Å². The summed E-state index contributed by atoms with van der Waals surface area (Å²) in [5.41, 5.74) is 4.30. The number of nitrogens with one attached hydrogen (secondary N) is 2. The van der Waals surface area contributed by atoms with E-state index in [2.05, 4.69) is 36.6 Å². The summed E-state index contributed by atoms with van der Waals surface area (Å²) in [4.78, 5) is 22.8. The number of rotatable bonds is 5. The van der Waals surface area contributed by atoms with Gasteiger partial charge in [-0.05, 0) is 0 Å². The summed E-state index contributed by atoms with van der Waals surface area (Å²) in [7, 11) is 0. The van der Waals surface area contributed by atoms with Crippen LogP contribution in [-0.2, 0) is 9.59 Å². The second-order valence-corrected chi connectivity index (χ2v) is 15.4. The Kier molecular flexibility index (Phi) is 7.14. The van der Waals surface area contributed by atoms with Gasteiger partial charge in [-0.25, -0.2) is 0 Å². The van der Waals surface area contributed by atoms with E-state index in [0.29, 0.717) is 0 Å². The fraction of sp³-hybridized carbons (Fsp3) is 0.222. The van der Waals surface area contributed by atoms with Gasteiger partial charge in [0.2, 0.25) is 0 Å². The Morgan fingerprint density at radius 2 is 1.12 bits per heavy atom. The second-order valence-electron chi connectivity index (χ2n) is 5.53. The third kappa shape index (κ3) is 5.79. The molecule has 0 aliphatic heterocycles. The molecule has 0 saturated heterocycles. The van der Waals surface area contributed by atoms with Gasteiger partial charge >= 0.3 is 160 Å². The quantitative estimate of drug-likeness (QED) is 0.554. The van der Waals surface area contributed by atoms with Crippen molar-refractivity contribution in [2.45, 2.75) is 27.7 Å². The number of carbonyl (C=O) groups excluding carboxylic acids is 2. The molecule has 126 valence electrons. The summed E-state index contributed by atoms with van der Waals surface area (Å²) in [6.07, 6.45) is 0. The molecule has 0 aliphatic carbocycles. The average molecular weight is 552 g/mol. The average Bonchev–Trinajstić information content (AvgIpc) is 2.49. The van der Waals surface area contributed by atoms with Gasteiger partial charge in [0.1, 0.15) is 0 Å². The molecule has 0 radical (unpaired) electrons. The number of aryl methyl sites for hydroxylation is 2. The summed E-state index contributed by atoms with van der Waals surface area (Å²) in [6, 6.07) is 12.4. The molecule has 0 aliphatic rings. The van der Waals surface area contributed by atoms with Crippen molar-refractivity contribution in [2.24, 2.45) is 0 Å². The van der Waals surface area contributed by atoms with Crippen LogP contribution in [0.15, 0.2) is 36.4 Å². The number of benzene rings is 2. The van der Waals surface area contributed by atoms with Crippen LogP contribution in [0.4, 0.5) is 11.4 Å². The molecule has 0 atom stereocenters. The Hall–Kier alpha value is -1.04. The van der Waals surface area contributed by atoms with Crippen molar-refractivity contribution in [2.75, 3.05) is 10.6 Å². The molecule has 0 unspecified atom stereocenters. The minimum atomic E-state index is -0.419. The van der Waals surface area contributed by atoms with Crippen molar-refractivity contribution in [1.29, 1.82) is 0 Å². The van der Waals surface area contributed by atoms with Crippen LogP contribution in [0, 0.1) is 13.8 Å². The maximum absolute atomic E-state index is 11.4. The van der Waals surface area contributed by atoms with Gasteiger partial charge in [-0.1, -0.05) is 0 Å². The van der Waals surface area contributed by atoms with Crippen molar-refractivity contribution in [1.82, 2.24) is 0 Å². The molecule has 0 bridgehead atoms. The van der Waals surface area contributed by atoms with Crippen molar-refractivity contribution in [3.8, 4) is 0 Å². The number of carbonyl (C=O) groups is 2. The molecular formula is C18H20N2O2Te2. The predicted molar refractivity (Wildman–Crippen MR) is 102 cm³/mol. The third-order valence-electron chi connectivity index (χ3n) is 3.12. The van der Waals surface area contributed by atoms with Gasteiger partial charge in [0.05, 0.1) is 0 Å². The van der Waals surface area contributed by atoms with Crippen molar-refractivity contribution in [3.05, 3.63) is 47.5 Å². The van der Waals surface area contributed by atoms with Gasteiger partial charge in [0.25, 0.3) is 0 Å². The van der Waals surface area contributed by atoms with E-state index in [9.17, 15) is 9.59 Å². The minimum absolute atomic E-state index is 0.0392. The van der Waals surface area contributed by atoms with Crippen LogP contribution in [0.1, 0.15) is 25.0 Å². The van der Waals surface area contributed by atoms with Crippen LogP contribution < -0.4 is 17.9 Å². The first-order valence-corrected chi connectivity index (χ1v) is 17.1. The Morgan fingerprint density at radius 3 is 1.46 bits per heavy atom. The van der Waals surface area contributed by atoms with E-state index < -0.39 is 34.1 Å². The van der Waals surface area contributed by atoms with E-state index in [0.717, 1.165) is 11.4 Å². The molecule has 6 heteroatoms. The molecule has 24 heavy (non-hydrogen) atoms. The second kappa shape index (κ2) is 8.88. The molecule has 0 heterocycles. The normalized spacial score (nSPS) is 10.3. The molecular weight excluding hydrogens is 531 g/mol. The Labute approximate surface area is 159 Å². The number of hydrogen-bond donors (Lipinski definition) is 2. The van der Waals surface area contributed by atoms with Crippen LogP contribution in [0.25, 0.3) is 0 Å². The topological polar surface area (TPSA) is 58.2 Å². The van der Waals surface area contributed by atoms with Gasteiger partial charge in [0.15, 0.2) is 0 Å². The van der Waals surface area contributed by atoms with E-state index in [1.807, 2.05) is 24.3 Å². The Balaban J connectivity index is 2.24. The summed E-state index contributed by atoms with van der Waals surface area (Å²) < 4.78 is 2.57. The molecule has 2 amide bonds. The van der Waals surface area contributed by atoms with Crippen molar-refractivity contribution >= 4 is 64.5 Å². The van der Waals surface area contributed by atoms with Gasteiger partial charge in [-0.15, -0.1) is 0 Å². The summed E-state index contributed by atoms with van der Waals surface area (Å²) in [6.45, 7) is 7.22. The fourth-order valence-corrected chi connectivity index (χ4v) is 13.8. The van der Waals surface area contributed by atoms with Crippen LogP contribution in [-0.4, -0.2) is 45.9 Å². The molecule has 4 nitrogen and oxygen atoms in total. The van der Waals surface area contributed by atoms with Gasteiger partial charge in [-0.2, -0.15) is 0 Å². The van der Waals surface area contributed by atoms with E-state index in [-0.39, 0.29) is 11.8 Å². The predicted octanol–water partition coefficient (Wildman–Crippen LogP) is 1.49. The zero-order chi connectivity index (χ0) is 17.7. The summed E-state index contributed by atoms with van der Waals surface area (Å²) >= 11 is -0.838. The number of hydrogen-bond acceptors (Lipinski definition) is 2. The Bertz CT molecular complexity index is 710. The summed E-state index contributed by atoms with van der Waals surface area (Å²) in [5, 5.41) is 5.88. The summed E-state index contributed by atoms with van der Waals surface area (Å²) in [5.74, 6) is -0.0784. The van der Waals surface area contributed by atoms with E-state index in [4.69, 9.17) is 0 Å². The SMILES string of the molecule is CC(=O)Nc1ccc(C)cc1[Te][Te]c1cc(C)ccc1NC(C)=O. The van der Waals surface area contributed by atoms with Crippen LogP contribution >= 0.6 is 0 Å². The first kappa shape index (κ1) is 19.3. The standard InChI is InChI=1S/C18H20N2O2Te2/c1-11-5-7-15(19-13(3)21)17(9-11)23-24-18-10-12(2)6-8-16(18)20-14(4)22/h5-10H,1-4H3,(H,19,21)(H,20,22). The maximum atomic E-state index is 11.4. The van der Waals surface area contributed by atoms with E-state index in [1.165, 1.54) is 32.2 Å². The fourth-order valence-electron chi connectivity index (χ4n) is 2.07. The van der Waals surface area contributed by atoms with Crippen LogP contribution in [0.2, 0.25) is 0 Å². The molecule has 2 rings (SSSR count). The molecule has 2 aromatic carbocycles. The van der Waals surface area contributed by atoms with Crippen LogP contribution in [0.3, 0.4) is 0 Å². The molecule has 0 spiro atoms. The number of anilines is 2. The zero-order valence-electron chi connectivity index (χ0n) is 14.1. The number of amides is 2. The van der Waals surface area contributed by atoms with Gasteiger partial charge in [-0.3, -0.25) is 0 Å². The first-order chi connectivity index (χ1) is 11.3. The monoisotopic (exact) mass is 556 g/mol. The van der Waals surface area contributed by atoms with Gasteiger partial charge < -0.3 is 0 Å². The molecule has 0 aromatic heterocycles. The van der Waals surface area contributed by atoms with Crippen LogP contribution in [0.5, 0.6) is 0 Å². The molecule has 2 aromatic rings. The third-order valence-corrected chi connectivity index (χ3v) is 14.8. The van der Waals surface area contributed by atoms with Crippen molar-refractivity contribution in [3.63, 3.8) is 0 Å². The Morgan fingerprint density at radius 1 is 0.750 bits per heavy atom. The van der Waals surface area contributed by atoms with Gasteiger partial charge in [0, 0.05) is 0 Å². The molecule has 0 saturated carbocycles. The van der Waals surface area contributed by atoms with E-state index >= 15 is 0 Å². The molecule has 0 fully saturated rings. The first-order valence-electron chi connectivity index (χ1n) is 7.46.